The lowest BCUT2D eigenvalue weighted by Crippen LogP contribution is -2.66. The molecule has 2 aliphatic rings. The van der Waals surface area contributed by atoms with Crippen LogP contribution in [-0.2, 0) is 14.2 Å². The molecule has 2 aliphatic heterocycles. The molecular weight excluding hydrogens is 316 g/mol. The Kier molecular flexibility index (Phi) is 6.27. The van der Waals surface area contributed by atoms with Gasteiger partial charge in [0.1, 0.15) is 36.6 Å². The fraction of sp³-hybridized carbons (Fsp3) is 1.00. The minimum Gasteiger partial charge on any atom is -0.394 e. The quantitative estimate of drug-likeness (QED) is 0.242. The molecule has 0 spiro atoms. The van der Waals surface area contributed by atoms with E-state index in [0.29, 0.717) is 0 Å². The van der Waals surface area contributed by atoms with E-state index in [1.165, 1.54) is 0 Å². The van der Waals surface area contributed by atoms with Gasteiger partial charge < -0.3 is 56.3 Å². The van der Waals surface area contributed by atoms with Crippen molar-refractivity contribution in [3.8, 4) is 0 Å². The smallest absolute Gasteiger partial charge is 0.189 e. The minimum atomic E-state index is -1.57. The van der Waals surface area contributed by atoms with E-state index in [1.54, 1.807) is 0 Å². The summed E-state index contributed by atoms with van der Waals surface area (Å²) >= 11 is 0. The maximum atomic E-state index is 9.94. The van der Waals surface area contributed by atoms with Gasteiger partial charge in [0.25, 0.3) is 0 Å². The Morgan fingerprint density at radius 2 is 1.04 bits per heavy atom. The molecule has 2 fully saturated rings. The van der Waals surface area contributed by atoms with Crippen molar-refractivity contribution >= 4 is 0 Å². The molecule has 0 unspecified atom stereocenters. The topological polar surface area (TPSA) is 201 Å². The lowest BCUT2D eigenvalue weighted by atomic mass is 9.96. The van der Waals surface area contributed by atoms with E-state index in [4.69, 9.17) is 25.7 Å². The van der Waals surface area contributed by atoms with Crippen LogP contribution in [0.15, 0.2) is 0 Å². The first-order chi connectivity index (χ1) is 10.8. The summed E-state index contributed by atoms with van der Waals surface area (Å²) in [6.07, 6.45) is -10.9. The van der Waals surface area contributed by atoms with E-state index in [0.717, 1.165) is 0 Å². The average molecular weight is 340 g/mol. The summed E-state index contributed by atoms with van der Waals surface area (Å²) in [6, 6.07) is -2.06. The molecule has 2 saturated heterocycles. The average Bonchev–Trinajstić information content (AvgIpc) is 2.55. The van der Waals surface area contributed by atoms with E-state index in [-0.39, 0.29) is 0 Å². The molecule has 0 bridgehead atoms. The lowest BCUT2D eigenvalue weighted by molar-refractivity contribution is -0.360. The molecule has 11 nitrogen and oxygen atoms in total. The molecule has 0 aliphatic carbocycles. The Morgan fingerprint density at radius 3 is 1.35 bits per heavy atom. The molecule has 0 aromatic carbocycles. The summed E-state index contributed by atoms with van der Waals surface area (Å²) in [7, 11) is 0. The van der Waals surface area contributed by atoms with Crippen LogP contribution in [0.4, 0.5) is 0 Å². The second-order valence-corrected chi connectivity index (χ2v) is 5.70. The second kappa shape index (κ2) is 7.63. The lowest BCUT2D eigenvalue weighted by Gasteiger charge is -2.45. The molecule has 0 radical (unpaired) electrons. The van der Waals surface area contributed by atoms with Crippen LogP contribution in [0.3, 0.4) is 0 Å². The number of rotatable bonds is 4. The summed E-state index contributed by atoms with van der Waals surface area (Å²) in [5.41, 5.74) is 11.2. The third kappa shape index (κ3) is 3.65. The number of aliphatic hydroxyl groups excluding tert-OH is 6. The van der Waals surface area contributed by atoms with Crippen LogP contribution in [0.5, 0.6) is 0 Å². The van der Waals surface area contributed by atoms with Gasteiger partial charge in [0, 0.05) is 0 Å². The third-order valence-corrected chi connectivity index (χ3v) is 4.15. The van der Waals surface area contributed by atoms with E-state index in [2.05, 4.69) is 0 Å². The highest BCUT2D eigenvalue weighted by Gasteiger charge is 2.48. The van der Waals surface area contributed by atoms with Gasteiger partial charge in [-0.05, 0) is 0 Å². The van der Waals surface area contributed by atoms with Gasteiger partial charge in [0.2, 0.25) is 0 Å². The van der Waals surface area contributed by atoms with Gasteiger partial charge in [0.05, 0.1) is 25.3 Å². The highest BCUT2D eigenvalue weighted by Crippen LogP contribution is 2.26. The van der Waals surface area contributed by atoms with E-state index < -0.39 is 74.5 Å². The van der Waals surface area contributed by atoms with Crippen LogP contribution in [0.2, 0.25) is 0 Å². The van der Waals surface area contributed by atoms with Gasteiger partial charge >= 0.3 is 0 Å². The molecule has 0 saturated carbocycles. The molecule has 0 aromatic rings. The van der Waals surface area contributed by atoms with E-state index >= 15 is 0 Å². The van der Waals surface area contributed by atoms with Crippen molar-refractivity contribution in [3.05, 3.63) is 0 Å². The third-order valence-electron chi connectivity index (χ3n) is 4.15. The van der Waals surface area contributed by atoms with Crippen LogP contribution < -0.4 is 11.5 Å². The zero-order valence-corrected chi connectivity index (χ0v) is 12.3. The largest absolute Gasteiger partial charge is 0.394 e. The second-order valence-electron chi connectivity index (χ2n) is 5.70. The first-order valence-electron chi connectivity index (χ1n) is 7.23. The zero-order chi connectivity index (χ0) is 17.3. The molecule has 136 valence electrons. The fourth-order valence-electron chi connectivity index (χ4n) is 2.59. The highest BCUT2D eigenvalue weighted by atomic mass is 16.8. The molecule has 10 N–H and O–H groups in total. The summed E-state index contributed by atoms with van der Waals surface area (Å²) < 4.78 is 15.7. The summed E-state index contributed by atoms with van der Waals surface area (Å²) in [6.45, 7) is -1.04. The number of aliphatic hydroxyl groups is 6. The molecule has 2 heterocycles. The Bertz CT molecular complexity index is 352. The molecule has 11 heteroatoms. The van der Waals surface area contributed by atoms with Gasteiger partial charge in [-0.3, -0.25) is 0 Å². The van der Waals surface area contributed by atoms with Crippen molar-refractivity contribution in [1.29, 1.82) is 0 Å². The Labute approximate surface area is 132 Å². The molecule has 0 amide bonds. The molecular formula is C12H24N2O9. The van der Waals surface area contributed by atoms with Gasteiger partial charge in [-0.15, -0.1) is 0 Å². The molecule has 2 rings (SSSR count). The maximum absolute atomic E-state index is 9.94. The summed E-state index contributed by atoms with van der Waals surface area (Å²) in [4.78, 5) is 0. The van der Waals surface area contributed by atoms with Gasteiger partial charge in [-0.2, -0.15) is 0 Å². The fourth-order valence-corrected chi connectivity index (χ4v) is 2.59. The number of hydrogen-bond acceptors (Lipinski definition) is 11. The Hall–Kier alpha value is -0.440. The first kappa shape index (κ1) is 18.9. The van der Waals surface area contributed by atoms with Crippen molar-refractivity contribution in [3.63, 3.8) is 0 Å². The predicted molar refractivity (Wildman–Crippen MR) is 72.6 cm³/mol. The van der Waals surface area contributed by atoms with Crippen molar-refractivity contribution in [2.75, 3.05) is 13.2 Å². The highest BCUT2D eigenvalue weighted by molar-refractivity contribution is 4.94. The van der Waals surface area contributed by atoms with Crippen LogP contribution in [0, 0.1) is 0 Å². The van der Waals surface area contributed by atoms with Crippen LogP contribution in [-0.4, -0.2) is 105 Å². The van der Waals surface area contributed by atoms with Crippen molar-refractivity contribution in [2.24, 2.45) is 11.5 Å². The van der Waals surface area contributed by atoms with Crippen LogP contribution in [0.25, 0.3) is 0 Å². The van der Waals surface area contributed by atoms with Crippen molar-refractivity contribution < 1.29 is 44.8 Å². The normalized spacial score (nSPS) is 51.7. The molecule has 23 heavy (non-hydrogen) atoms. The Morgan fingerprint density at radius 1 is 0.696 bits per heavy atom. The minimum absolute atomic E-state index is 0.522. The van der Waals surface area contributed by atoms with Crippen molar-refractivity contribution in [1.82, 2.24) is 0 Å². The van der Waals surface area contributed by atoms with Crippen molar-refractivity contribution in [2.45, 2.75) is 61.3 Å². The van der Waals surface area contributed by atoms with E-state index in [1.807, 2.05) is 0 Å². The van der Waals surface area contributed by atoms with E-state index in [9.17, 15) is 30.6 Å². The number of nitrogens with two attached hydrogens (primary N) is 2. The molecule has 0 aromatic heterocycles. The summed E-state index contributed by atoms with van der Waals surface area (Å²) in [5, 5.41) is 57.9. The van der Waals surface area contributed by atoms with Crippen LogP contribution in [0.1, 0.15) is 0 Å². The monoisotopic (exact) mass is 340 g/mol. The number of hydrogen-bond donors (Lipinski definition) is 8. The maximum Gasteiger partial charge on any atom is 0.189 e. The molecule has 10 atom stereocenters. The predicted octanol–water partition coefficient (Wildman–Crippen LogP) is -5.46. The van der Waals surface area contributed by atoms with Gasteiger partial charge in [0.15, 0.2) is 12.6 Å². The Balaban J connectivity index is 2.07. The summed E-state index contributed by atoms with van der Waals surface area (Å²) in [5.74, 6) is 0. The first-order valence-corrected chi connectivity index (χ1v) is 7.23. The SMILES string of the molecule is N[C@@H]1[C@H](O)[C@@H](O)[C@@H](O[C@H]2O[C@H](CO)[C@H](N)[C@H](O)[C@H]2O)O[C@@H]1CO. The zero-order valence-electron chi connectivity index (χ0n) is 12.3. The van der Waals surface area contributed by atoms with Gasteiger partial charge in [-0.25, -0.2) is 0 Å². The number of ether oxygens (including phenoxy) is 3. The standard InChI is InChI=1S/C12H24N2O9/c13-5-3(1-15)21-11(9(19)7(5)17)23-12-10(20)8(18)6(14)4(2-16)22-12/h3-12,15-20H,1-2,13-14H2/t3-,4-,5+,6+,7+,8+,9-,10-,11-,12-/m1/s1. The van der Waals surface area contributed by atoms with Crippen LogP contribution >= 0.6 is 0 Å². The van der Waals surface area contributed by atoms with Gasteiger partial charge in [-0.1, -0.05) is 0 Å².